The molecule has 2 atom stereocenters. The maximum Gasteiger partial charge on any atom is 0.123 e. The Labute approximate surface area is 108 Å². The van der Waals surface area contributed by atoms with Gasteiger partial charge in [-0.05, 0) is 38.2 Å². The van der Waals surface area contributed by atoms with Gasteiger partial charge in [0, 0.05) is 31.7 Å². The summed E-state index contributed by atoms with van der Waals surface area (Å²) in [6, 6.07) is 6.97. The monoisotopic (exact) mass is 251 g/mol. The van der Waals surface area contributed by atoms with Crippen LogP contribution in [0.5, 0.6) is 0 Å². The van der Waals surface area contributed by atoms with Crippen molar-refractivity contribution in [1.29, 1.82) is 0 Å². The van der Waals surface area contributed by atoms with Crippen molar-refractivity contribution >= 4 is 0 Å². The third-order valence-electron chi connectivity index (χ3n) is 3.78. The zero-order chi connectivity index (χ0) is 13.1. The molecule has 0 radical (unpaired) electrons. The summed E-state index contributed by atoms with van der Waals surface area (Å²) in [5, 5.41) is 0. The minimum Gasteiger partial charge on any atom is -0.324 e. The largest absolute Gasteiger partial charge is 0.324 e. The number of nitrogens with zero attached hydrogens (tertiary/aromatic N) is 2. The molecule has 3 nitrogen and oxygen atoms in total. The minimum absolute atomic E-state index is 0.0975. The summed E-state index contributed by atoms with van der Waals surface area (Å²) < 4.78 is 13.2. The summed E-state index contributed by atoms with van der Waals surface area (Å²) in [6.45, 7) is 3.19. The maximum absolute atomic E-state index is 13.2. The number of likely N-dealkylation sites (N-methyl/N-ethyl adjacent to an activating group) is 2. The fraction of sp³-hybridized carbons (Fsp3) is 0.571. The molecule has 100 valence electrons. The van der Waals surface area contributed by atoms with Crippen LogP contribution in [0.1, 0.15) is 18.0 Å². The molecule has 0 bridgehead atoms. The van der Waals surface area contributed by atoms with E-state index in [4.69, 9.17) is 5.73 Å². The third kappa shape index (κ3) is 3.28. The van der Waals surface area contributed by atoms with E-state index in [-0.39, 0.29) is 11.9 Å². The van der Waals surface area contributed by atoms with E-state index < -0.39 is 0 Å². The Morgan fingerprint density at radius 2 is 2.17 bits per heavy atom. The Kier molecular flexibility index (Phi) is 4.32. The maximum atomic E-state index is 13.2. The van der Waals surface area contributed by atoms with E-state index in [1.165, 1.54) is 12.1 Å². The molecule has 4 heteroatoms. The molecule has 0 amide bonds. The Balaban J connectivity index is 2.00. The first-order valence-electron chi connectivity index (χ1n) is 6.46. The van der Waals surface area contributed by atoms with E-state index in [1.54, 1.807) is 6.07 Å². The number of hydrogen-bond acceptors (Lipinski definition) is 3. The Morgan fingerprint density at radius 1 is 1.39 bits per heavy atom. The van der Waals surface area contributed by atoms with Crippen molar-refractivity contribution in [3.63, 3.8) is 0 Å². The van der Waals surface area contributed by atoms with Gasteiger partial charge < -0.3 is 15.5 Å². The van der Waals surface area contributed by atoms with E-state index >= 15 is 0 Å². The second-order valence-electron chi connectivity index (χ2n) is 5.29. The zero-order valence-electron chi connectivity index (χ0n) is 11.1. The lowest BCUT2D eigenvalue weighted by molar-refractivity contribution is 0.104. The van der Waals surface area contributed by atoms with E-state index in [1.807, 2.05) is 6.07 Å². The van der Waals surface area contributed by atoms with Crippen molar-refractivity contribution in [3.8, 4) is 0 Å². The quantitative estimate of drug-likeness (QED) is 0.883. The first kappa shape index (κ1) is 13.5. The summed E-state index contributed by atoms with van der Waals surface area (Å²) in [7, 11) is 4.27. The van der Waals surface area contributed by atoms with Crippen LogP contribution in [-0.4, -0.2) is 49.6 Å². The van der Waals surface area contributed by atoms with Crippen LogP contribution < -0.4 is 5.73 Å². The van der Waals surface area contributed by atoms with E-state index in [0.717, 1.165) is 31.6 Å². The van der Waals surface area contributed by atoms with Crippen LogP contribution >= 0.6 is 0 Å². The SMILES string of the molecule is CN1CCN(C)C(CC(N)c2cccc(F)c2)C1. The molecule has 1 aliphatic rings. The molecule has 0 spiro atoms. The number of benzene rings is 1. The molecule has 1 fully saturated rings. The molecule has 18 heavy (non-hydrogen) atoms. The highest BCUT2D eigenvalue weighted by Gasteiger charge is 2.24. The molecule has 0 aliphatic carbocycles. The number of hydrogen-bond donors (Lipinski definition) is 1. The second-order valence-corrected chi connectivity index (χ2v) is 5.29. The van der Waals surface area contributed by atoms with Crippen LogP contribution in [0, 0.1) is 5.82 Å². The van der Waals surface area contributed by atoms with Gasteiger partial charge in [-0.1, -0.05) is 12.1 Å². The van der Waals surface area contributed by atoms with Crippen LogP contribution in [0.4, 0.5) is 4.39 Å². The lowest BCUT2D eigenvalue weighted by atomic mass is 9.98. The molecule has 2 rings (SSSR count). The van der Waals surface area contributed by atoms with E-state index in [9.17, 15) is 4.39 Å². The summed E-state index contributed by atoms with van der Waals surface area (Å²) in [5.74, 6) is -0.211. The van der Waals surface area contributed by atoms with Crippen molar-refractivity contribution < 1.29 is 4.39 Å². The van der Waals surface area contributed by atoms with Crippen molar-refractivity contribution in [2.45, 2.75) is 18.5 Å². The van der Waals surface area contributed by atoms with Crippen molar-refractivity contribution in [2.24, 2.45) is 5.73 Å². The van der Waals surface area contributed by atoms with Gasteiger partial charge in [0.2, 0.25) is 0 Å². The normalized spacial score (nSPS) is 24.1. The Hall–Kier alpha value is -0.970. The Bertz CT molecular complexity index is 396. The average Bonchev–Trinajstić information content (AvgIpc) is 2.34. The lowest BCUT2D eigenvalue weighted by Gasteiger charge is -2.38. The van der Waals surface area contributed by atoms with Gasteiger partial charge in [0.15, 0.2) is 0 Å². The predicted octanol–water partition coefficient (Wildman–Crippen LogP) is 1.46. The standard InChI is InChI=1S/C14H22FN3/c1-17-6-7-18(2)13(10-17)9-14(16)11-4-3-5-12(15)8-11/h3-5,8,13-14H,6-7,9-10,16H2,1-2H3. The van der Waals surface area contributed by atoms with Crippen molar-refractivity contribution in [2.75, 3.05) is 33.7 Å². The fourth-order valence-corrected chi connectivity index (χ4v) is 2.52. The van der Waals surface area contributed by atoms with Gasteiger partial charge in [0.1, 0.15) is 5.82 Å². The van der Waals surface area contributed by atoms with Crippen LogP contribution in [-0.2, 0) is 0 Å². The number of rotatable bonds is 3. The summed E-state index contributed by atoms with van der Waals surface area (Å²) >= 11 is 0. The smallest absolute Gasteiger partial charge is 0.123 e. The molecular formula is C14H22FN3. The van der Waals surface area contributed by atoms with Gasteiger partial charge in [0.25, 0.3) is 0 Å². The number of piperazine rings is 1. The second kappa shape index (κ2) is 5.78. The van der Waals surface area contributed by atoms with E-state index in [2.05, 4.69) is 23.9 Å². The average molecular weight is 251 g/mol. The molecule has 1 aromatic rings. The molecule has 0 saturated carbocycles. The van der Waals surface area contributed by atoms with Gasteiger partial charge >= 0.3 is 0 Å². The highest BCUT2D eigenvalue weighted by atomic mass is 19.1. The van der Waals surface area contributed by atoms with Crippen LogP contribution in [0.15, 0.2) is 24.3 Å². The Morgan fingerprint density at radius 3 is 2.89 bits per heavy atom. The summed E-state index contributed by atoms with van der Waals surface area (Å²) in [6.07, 6.45) is 0.865. The topological polar surface area (TPSA) is 32.5 Å². The molecule has 1 aliphatic heterocycles. The van der Waals surface area contributed by atoms with Crippen LogP contribution in [0.2, 0.25) is 0 Å². The predicted molar refractivity (Wildman–Crippen MR) is 71.9 cm³/mol. The van der Waals surface area contributed by atoms with Crippen LogP contribution in [0.3, 0.4) is 0 Å². The number of halogens is 1. The van der Waals surface area contributed by atoms with Gasteiger partial charge in [0.05, 0.1) is 0 Å². The highest BCUT2D eigenvalue weighted by molar-refractivity contribution is 5.20. The molecule has 0 aromatic heterocycles. The zero-order valence-corrected chi connectivity index (χ0v) is 11.1. The lowest BCUT2D eigenvalue weighted by Crippen LogP contribution is -2.50. The summed E-state index contributed by atoms with van der Waals surface area (Å²) in [5.41, 5.74) is 7.08. The first-order chi connectivity index (χ1) is 8.56. The molecule has 2 unspecified atom stereocenters. The van der Waals surface area contributed by atoms with Crippen LogP contribution in [0.25, 0.3) is 0 Å². The van der Waals surface area contributed by atoms with Crippen molar-refractivity contribution in [1.82, 2.24) is 9.80 Å². The fourth-order valence-electron chi connectivity index (χ4n) is 2.52. The van der Waals surface area contributed by atoms with Gasteiger partial charge in [-0.3, -0.25) is 0 Å². The highest BCUT2D eigenvalue weighted by Crippen LogP contribution is 2.20. The molecule has 1 heterocycles. The van der Waals surface area contributed by atoms with Crippen molar-refractivity contribution in [3.05, 3.63) is 35.6 Å². The van der Waals surface area contributed by atoms with E-state index in [0.29, 0.717) is 6.04 Å². The molecule has 1 aromatic carbocycles. The van der Waals surface area contributed by atoms with Gasteiger partial charge in [-0.15, -0.1) is 0 Å². The minimum atomic E-state index is -0.211. The molecular weight excluding hydrogens is 229 g/mol. The molecule has 1 saturated heterocycles. The third-order valence-corrected chi connectivity index (χ3v) is 3.78. The van der Waals surface area contributed by atoms with Gasteiger partial charge in [-0.25, -0.2) is 4.39 Å². The summed E-state index contributed by atoms with van der Waals surface area (Å²) in [4.78, 5) is 4.67. The molecule has 2 N–H and O–H groups in total. The van der Waals surface area contributed by atoms with Gasteiger partial charge in [-0.2, -0.15) is 0 Å². The first-order valence-corrected chi connectivity index (χ1v) is 6.46. The number of nitrogens with two attached hydrogens (primary N) is 1.